The van der Waals surface area contributed by atoms with Crippen molar-refractivity contribution in [3.05, 3.63) is 23.5 Å². The zero-order valence-corrected chi connectivity index (χ0v) is 18.1. The lowest BCUT2D eigenvalue weighted by Gasteiger charge is -2.32. The van der Waals surface area contributed by atoms with Crippen LogP contribution in [0.1, 0.15) is 24.2 Å². The van der Waals surface area contributed by atoms with Gasteiger partial charge in [-0.3, -0.25) is 14.3 Å². The summed E-state index contributed by atoms with van der Waals surface area (Å²) in [5.74, 6) is 0.167. The molecule has 29 heavy (non-hydrogen) atoms. The molecule has 1 atom stereocenters. The molecule has 2 saturated heterocycles. The summed E-state index contributed by atoms with van der Waals surface area (Å²) in [6.07, 6.45) is 1.93. The Hall–Kier alpha value is -1.97. The molecule has 0 aliphatic carbocycles. The van der Waals surface area contributed by atoms with Crippen molar-refractivity contribution in [2.75, 3.05) is 57.4 Å². The Balaban J connectivity index is 1.32. The normalized spacial score (nSPS) is 20.8. The smallest absolute Gasteiger partial charge is 0.224 e. The lowest BCUT2D eigenvalue weighted by atomic mass is 9.97. The molecule has 0 spiro atoms. The highest BCUT2D eigenvalue weighted by atomic mass is 32.1. The molecule has 1 N–H and O–H groups in total. The molecule has 4 rings (SSSR count). The largest absolute Gasteiger partial charge is 0.379 e. The van der Waals surface area contributed by atoms with E-state index in [2.05, 4.69) is 55.9 Å². The molecule has 0 radical (unpaired) electrons. The summed E-state index contributed by atoms with van der Waals surface area (Å²) >= 11 is 1.59. The summed E-state index contributed by atoms with van der Waals surface area (Å²) in [5, 5.41) is 13.7. The average molecular weight is 419 g/mol. The monoisotopic (exact) mass is 418 g/mol. The molecule has 2 aliphatic heterocycles. The fourth-order valence-corrected chi connectivity index (χ4v) is 5.07. The average Bonchev–Trinajstić information content (AvgIpc) is 3.35. The molecule has 2 aromatic heterocycles. The van der Waals surface area contributed by atoms with Gasteiger partial charge >= 0.3 is 0 Å². The van der Waals surface area contributed by atoms with E-state index in [9.17, 15) is 4.79 Å². The van der Waals surface area contributed by atoms with Crippen molar-refractivity contribution in [3.8, 4) is 5.13 Å². The van der Waals surface area contributed by atoms with Crippen molar-refractivity contribution in [1.82, 2.24) is 25.0 Å². The lowest BCUT2D eigenvalue weighted by molar-refractivity contribution is -0.125. The van der Waals surface area contributed by atoms with Crippen LogP contribution in [0.2, 0.25) is 0 Å². The maximum absolute atomic E-state index is 12.7. The minimum Gasteiger partial charge on any atom is -0.379 e. The molecule has 2 fully saturated rings. The van der Waals surface area contributed by atoms with Gasteiger partial charge in [0.05, 0.1) is 19.1 Å². The zero-order valence-electron chi connectivity index (χ0n) is 17.3. The molecule has 2 aromatic rings. The third-order valence-electron chi connectivity index (χ3n) is 5.76. The van der Waals surface area contributed by atoms with Crippen molar-refractivity contribution in [2.45, 2.75) is 26.7 Å². The van der Waals surface area contributed by atoms with E-state index in [0.717, 1.165) is 73.9 Å². The third-order valence-corrected chi connectivity index (χ3v) is 6.73. The van der Waals surface area contributed by atoms with Crippen LogP contribution in [0.15, 0.2) is 12.1 Å². The number of carbonyl (C=O) groups excluding carboxylic acids is 1. The number of ether oxygens (including phenoxy) is 1. The Morgan fingerprint density at radius 2 is 1.90 bits per heavy atom. The fraction of sp³-hybridized carbons (Fsp3) is 0.650. The Kier molecular flexibility index (Phi) is 6.46. The number of nitrogens with zero attached hydrogens (tertiary/aromatic N) is 5. The summed E-state index contributed by atoms with van der Waals surface area (Å²) < 4.78 is 7.49. The highest BCUT2D eigenvalue weighted by Crippen LogP contribution is 2.29. The van der Waals surface area contributed by atoms with E-state index >= 15 is 0 Å². The van der Waals surface area contributed by atoms with E-state index in [1.165, 1.54) is 0 Å². The number of nitrogens with one attached hydrogen (secondary N) is 1. The molecule has 158 valence electrons. The highest BCUT2D eigenvalue weighted by molar-refractivity contribution is 7.17. The van der Waals surface area contributed by atoms with E-state index in [-0.39, 0.29) is 11.8 Å². The van der Waals surface area contributed by atoms with Crippen molar-refractivity contribution >= 4 is 22.4 Å². The topological polar surface area (TPSA) is 75.5 Å². The highest BCUT2D eigenvalue weighted by Gasteiger charge is 2.28. The van der Waals surface area contributed by atoms with Gasteiger partial charge in [0.25, 0.3) is 0 Å². The van der Waals surface area contributed by atoms with Gasteiger partial charge in [-0.25, -0.2) is 0 Å². The predicted molar refractivity (Wildman–Crippen MR) is 114 cm³/mol. The molecule has 4 heterocycles. The van der Waals surface area contributed by atoms with Crippen LogP contribution < -0.4 is 10.2 Å². The van der Waals surface area contributed by atoms with Gasteiger partial charge in [-0.15, -0.1) is 10.2 Å². The fourth-order valence-electron chi connectivity index (χ4n) is 4.07. The second kappa shape index (κ2) is 9.23. The summed E-state index contributed by atoms with van der Waals surface area (Å²) in [6.45, 7) is 10.9. The number of amides is 1. The summed E-state index contributed by atoms with van der Waals surface area (Å²) in [4.78, 5) is 17.2. The van der Waals surface area contributed by atoms with Crippen molar-refractivity contribution in [1.29, 1.82) is 0 Å². The van der Waals surface area contributed by atoms with E-state index in [1.807, 2.05) is 0 Å². The Morgan fingerprint density at radius 1 is 1.17 bits per heavy atom. The van der Waals surface area contributed by atoms with Crippen LogP contribution in [-0.4, -0.2) is 78.1 Å². The molecule has 0 aromatic carbocycles. The Morgan fingerprint density at radius 3 is 2.66 bits per heavy atom. The number of carbonyl (C=O) groups is 1. The van der Waals surface area contributed by atoms with Crippen molar-refractivity contribution < 1.29 is 9.53 Å². The summed E-state index contributed by atoms with van der Waals surface area (Å²) in [6, 6.07) is 4.18. The van der Waals surface area contributed by atoms with Gasteiger partial charge < -0.3 is 15.0 Å². The number of aryl methyl sites for hydroxylation is 2. The van der Waals surface area contributed by atoms with Crippen LogP contribution >= 0.6 is 11.3 Å². The van der Waals surface area contributed by atoms with Gasteiger partial charge in [0.1, 0.15) is 0 Å². The number of aromatic nitrogens is 3. The Labute approximate surface area is 175 Å². The molecular formula is C20H30N6O2S. The van der Waals surface area contributed by atoms with E-state index in [4.69, 9.17) is 4.74 Å². The first-order chi connectivity index (χ1) is 14.1. The predicted octanol–water partition coefficient (Wildman–Crippen LogP) is 1.61. The van der Waals surface area contributed by atoms with Crippen LogP contribution in [0.4, 0.5) is 5.13 Å². The van der Waals surface area contributed by atoms with Gasteiger partial charge in [-0.05, 0) is 38.8 Å². The molecule has 8 nitrogen and oxygen atoms in total. The van der Waals surface area contributed by atoms with Crippen LogP contribution in [0.25, 0.3) is 5.13 Å². The van der Waals surface area contributed by atoms with Crippen LogP contribution in [-0.2, 0) is 9.53 Å². The number of piperidine rings is 1. The summed E-state index contributed by atoms with van der Waals surface area (Å²) in [7, 11) is 0. The van der Waals surface area contributed by atoms with E-state index in [1.54, 1.807) is 11.3 Å². The maximum atomic E-state index is 12.7. The van der Waals surface area contributed by atoms with Crippen LogP contribution in [0.5, 0.6) is 0 Å². The van der Waals surface area contributed by atoms with Crippen molar-refractivity contribution in [2.24, 2.45) is 5.92 Å². The number of anilines is 1. The first-order valence-electron chi connectivity index (χ1n) is 10.4. The minimum absolute atomic E-state index is 0.0100. The number of rotatable bonds is 6. The molecule has 1 amide bonds. The van der Waals surface area contributed by atoms with Crippen molar-refractivity contribution in [3.63, 3.8) is 0 Å². The molecular weight excluding hydrogens is 388 g/mol. The third kappa shape index (κ3) is 4.79. The van der Waals surface area contributed by atoms with Gasteiger partial charge in [0.15, 0.2) is 0 Å². The summed E-state index contributed by atoms with van der Waals surface area (Å²) in [5.41, 5.74) is 2.31. The molecule has 9 heteroatoms. The lowest BCUT2D eigenvalue weighted by Crippen LogP contribution is -2.46. The minimum atomic E-state index is 0.0100. The quantitative estimate of drug-likeness (QED) is 0.768. The van der Waals surface area contributed by atoms with Gasteiger partial charge in [0, 0.05) is 50.7 Å². The van der Waals surface area contributed by atoms with Gasteiger partial charge in [0.2, 0.25) is 16.2 Å². The molecule has 2 aliphatic rings. The number of morpholine rings is 1. The van der Waals surface area contributed by atoms with Gasteiger partial charge in [-0.2, -0.15) is 0 Å². The van der Waals surface area contributed by atoms with E-state index < -0.39 is 0 Å². The van der Waals surface area contributed by atoms with Crippen LogP contribution in [0.3, 0.4) is 0 Å². The second-order valence-electron chi connectivity index (χ2n) is 7.85. The molecule has 0 unspecified atom stereocenters. The van der Waals surface area contributed by atoms with E-state index in [0.29, 0.717) is 13.1 Å². The van der Waals surface area contributed by atoms with Crippen LogP contribution in [0, 0.1) is 19.8 Å². The van der Waals surface area contributed by atoms with Gasteiger partial charge in [-0.1, -0.05) is 11.3 Å². The number of hydrogen-bond donors (Lipinski definition) is 1. The standard InChI is InChI=1S/C20H30N6O2S/c1-15-5-6-16(2)26(15)20-23-22-19(29-20)25-8-3-4-17(14-25)18(27)21-7-9-24-10-12-28-13-11-24/h5-6,17H,3-4,7-14H2,1-2H3,(H,21,27)/t17-/m1/s1. The SMILES string of the molecule is Cc1ccc(C)n1-c1nnc(N2CCC[C@@H](C(=O)NCCN3CCOCC3)C2)s1. The maximum Gasteiger partial charge on any atom is 0.224 e. The number of hydrogen-bond acceptors (Lipinski definition) is 7. The first-order valence-corrected chi connectivity index (χ1v) is 11.2. The second-order valence-corrected chi connectivity index (χ2v) is 8.78. The zero-order chi connectivity index (χ0) is 20.2. The first kappa shape index (κ1) is 20.3. The molecule has 0 bridgehead atoms. The Bertz CT molecular complexity index is 809. The molecule has 0 saturated carbocycles.